The zero-order valence-corrected chi connectivity index (χ0v) is 8.30. The van der Waals surface area contributed by atoms with Crippen LogP contribution >= 0.6 is 0 Å². The molecular formula is C9H22N2. The molecule has 0 aliphatic rings. The van der Waals surface area contributed by atoms with Gasteiger partial charge in [0.1, 0.15) is 0 Å². The monoisotopic (exact) mass is 158 g/mol. The maximum atomic E-state index is 5.66. The first-order chi connectivity index (χ1) is 5.02. The highest BCUT2D eigenvalue weighted by Crippen LogP contribution is 2.00. The van der Waals surface area contributed by atoms with Crippen molar-refractivity contribution in [1.82, 2.24) is 4.90 Å². The van der Waals surface area contributed by atoms with E-state index in [1.54, 1.807) is 0 Å². The van der Waals surface area contributed by atoms with Crippen LogP contribution in [0.1, 0.15) is 27.2 Å². The second-order valence-corrected chi connectivity index (χ2v) is 3.92. The van der Waals surface area contributed by atoms with Crippen molar-refractivity contribution in [3.63, 3.8) is 0 Å². The number of nitrogens with zero attached hydrogens (tertiary/aromatic N) is 1. The van der Waals surface area contributed by atoms with E-state index < -0.39 is 0 Å². The molecule has 11 heavy (non-hydrogen) atoms. The first-order valence-corrected chi connectivity index (χ1v) is 4.46. The molecule has 2 nitrogen and oxygen atoms in total. The molecule has 0 saturated heterocycles. The Morgan fingerprint density at radius 1 is 1.27 bits per heavy atom. The van der Waals surface area contributed by atoms with Gasteiger partial charge >= 0.3 is 0 Å². The number of hydrogen-bond acceptors (Lipinski definition) is 2. The zero-order chi connectivity index (χ0) is 8.85. The summed E-state index contributed by atoms with van der Waals surface area (Å²) >= 11 is 0. The van der Waals surface area contributed by atoms with Gasteiger partial charge in [-0.05, 0) is 32.9 Å². The molecule has 1 atom stereocenters. The van der Waals surface area contributed by atoms with Gasteiger partial charge in [0, 0.05) is 12.6 Å². The van der Waals surface area contributed by atoms with Gasteiger partial charge in [0.15, 0.2) is 0 Å². The quantitative estimate of drug-likeness (QED) is 0.653. The molecule has 0 fully saturated rings. The number of likely N-dealkylation sites (N-methyl/N-ethyl adjacent to an activating group) is 1. The van der Waals surface area contributed by atoms with Gasteiger partial charge in [-0.2, -0.15) is 0 Å². The van der Waals surface area contributed by atoms with E-state index in [0.717, 1.165) is 12.5 Å². The van der Waals surface area contributed by atoms with E-state index >= 15 is 0 Å². The maximum Gasteiger partial charge on any atom is 0.0139 e. The lowest BCUT2D eigenvalue weighted by Gasteiger charge is -2.19. The third-order valence-electron chi connectivity index (χ3n) is 1.69. The molecule has 0 aliphatic heterocycles. The summed E-state index contributed by atoms with van der Waals surface area (Å²) in [4.78, 5) is 2.30. The minimum absolute atomic E-state index is 0.298. The standard InChI is InChI=1S/C9H22N2/c1-8(2)5-6-11(4)7-9(3)10/h8-9H,5-7,10H2,1-4H3/t9-/m1/s1. The highest BCUT2D eigenvalue weighted by molar-refractivity contribution is 4.60. The fraction of sp³-hybridized carbons (Fsp3) is 1.00. The van der Waals surface area contributed by atoms with E-state index in [1.165, 1.54) is 13.0 Å². The van der Waals surface area contributed by atoms with Crippen LogP contribution in [0.3, 0.4) is 0 Å². The van der Waals surface area contributed by atoms with Gasteiger partial charge in [-0.3, -0.25) is 0 Å². The van der Waals surface area contributed by atoms with E-state index in [1.807, 2.05) is 6.92 Å². The van der Waals surface area contributed by atoms with Crippen LogP contribution in [0.4, 0.5) is 0 Å². The predicted octanol–water partition coefficient (Wildman–Crippen LogP) is 1.31. The van der Waals surface area contributed by atoms with Gasteiger partial charge in [-0.1, -0.05) is 13.8 Å². The normalized spacial score (nSPS) is 14.5. The number of hydrogen-bond donors (Lipinski definition) is 1. The highest BCUT2D eigenvalue weighted by atomic mass is 15.1. The van der Waals surface area contributed by atoms with Crippen molar-refractivity contribution in [1.29, 1.82) is 0 Å². The predicted molar refractivity (Wildman–Crippen MR) is 50.6 cm³/mol. The summed E-state index contributed by atoms with van der Waals surface area (Å²) in [6, 6.07) is 0.298. The topological polar surface area (TPSA) is 29.3 Å². The molecule has 0 bridgehead atoms. The average molecular weight is 158 g/mol. The van der Waals surface area contributed by atoms with Gasteiger partial charge in [0.25, 0.3) is 0 Å². The minimum Gasteiger partial charge on any atom is -0.327 e. The Morgan fingerprint density at radius 2 is 1.82 bits per heavy atom. The van der Waals surface area contributed by atoms with Crippen molar-refractivity contribution in [2.45, 2.75) is 33.2 Å². The molecule has 68 valence electrons. The number of rotatable bonds is 5. The minimum atomic E-state index is 0.298. The average Bonchev–Trinajstić information content (AvgIpc) is 1.82. The van der Waals surface area contributed by atoms with Crippen LogP contribution in [0.5, 0.6) is 0 Å². The molecule has 0 aliphatic carbocycles. The Morgan fingerprint density at radius 3 is 2.18 bits per heavy atom. The molecule has 0 aromatic heterocycles. The largest absolute Gasteiger partial charge is 0.327 e. The van der Waals surface area contributed by atoms with Crippen LogP contribution in [0.25, 0.3) is 0 Å². The molecule has 0 saturated carbocycles. The van der Waals surface area contributed by atoms with Gasteiger partial charge in [0.2, 0.25) is 0 Å². The first-order valence-electron chi connectivity index (χ1n) is 4.46. The summed E-state index contributed by atoms with van der Waals surface area (Å²) in [5, 5.41) is 0. The Hall–Kier alpha value is -0.0800. The molecule has 2 heteroatoms. The molecule has 0 rings (SSSR count). The number of nitrogens with two attached hydrogens (primary N) is 1. The molecule has 2 N–H and O–H groups in total. The van der Waals surface area contributed by atoms with Crippen molar-refractivity contribution in [3.8, 4) is 0 Å². The second kappa shape index (κ2) is 5.56. The molecule has 0 unspecified atom stereocenters. The van der Waals surface area contributed by atoms with Gasteiger partial charge in [0.05, 0.1) is 0 Å². The van der Waals surface area contributed by atoms with Gasteiger partial charge in [-0.15, -0.1) is 0 Å². The van der Waals surface area contributed by atoms with Crippen LogP contribution in [-0.4, -0.2) is 31.1 Å². The Balaban J connectivity index is 3.29. The summed E-state index contributed by atoms with van der Waals surface area (Å²) in [7, 11) is 2.13. The third kappa shape index (κ3) is 7.82. The third-order valence-corrected chi connectivity index (χ3v) is 1.69. The lowest BCUT2D eigenvalue weighted by Crippen LogP contribution is -2.33. The van der Waals surface area contributed by atoms with Crippen LogP contribution in [0.15, 0.2) is 0 Å². The van der Waals surface area contributed by atoms with E-state index in [9.17, 15) is 0 Å². The lowest BCUT2D eigenvalue weighted by molar-refractivity contribution is 0.297. The second-order valence-electron chi connectivity index (χ2n) is 3.92. The summed E-state index contributed by atoms with van der Waals surface area (Å²) in [6.07, 6.45) is 1.27. The Labute approximate surface area is 70.8 Å². The van der Waals surface area contributed by atoms with E-state index in [4.69, 9.17) is 5.73 Å². The first kappa shape index (κ1) is 10.9. The lowest BCUT2D eigenvalue weighted by atomic mass is 10.1. The van der Waals surface area contributed by atoms with Crippen molar-refractivity contribution in [3.05, 3.63) is 0 Å². The van der Waals surface area contributed by atoms with Gasteiger partial charge in [-0.25, -0.2) is 0 Å². The summed E-state index contributed by atoms with van der Waals surface area (Å²) in [6.45, 7) is 8.72. The van der Waals surface area contributed by atoms with Crippen molar-refractivity contribution < 1.29 is 0 Å². The van der Waals surface area contributed by atoms with Crippen LogP contribution in [0, 0.1) is 5.92 Å². The molecule has 0 radical (unpaired) electrons. The summed E-state index contributed by atoms with van der Waals surface area (Å²) < 4.78 is 0. The molecule has 0 heterocycles. The Kier molecular flexibility index (Phi) is 5.51. The summed E-state index contributed by atoms with van der Waals surface area (Å²) in [5.74, 6) is 0.797. The van der Waals surface area contributed by atoms with Gasteiger partial charge < -0.3 is 10.6 Å². The van der Waals surface area contributed by atoms with E-state index in [0.29, 0.717) is 6.04 Å². The summed E-state index contributed by atoms with van der Waals surface area (Å²) in [5.41, 5.74) is 5.66. The SMILES string of the molecule is CC(C)CCN(C)C[C@@H](C)N. The van der Waals surface area contributed by atoms with Crippen molar-refractivity contribution >= 4 is 0 Å². The van der Waals surface area contributed by atoms with Crippen molar-refractivity contribution in [2.24, 2.45) is 11.7 Å². The Bertz CT molecular complexity index is 89.6. The fourth-order valence-corrected chi connectivity index (χ4v) is 1.06. The fourth-order valence-electron chi connectivity index (χ4n) is 1.06. The smallest absolute Gasteiger partial charge is 0.0139 e. The molecular weight excluding hydrogens is 136 g/mol. The zero-order valence-electron chi connectivity index (χ0n) is 8.30. The maximum absolute atomic E-state index is 5.66. The van der Waals surface area contributed by atoms with E-state index in [-0.39, 0.29) is 0 Å². The molecule has 0 spiro atoms. The van der Waals surface area contributed by atoms with Crippen LogP contribution in [-0.2, 0) is 0 Å². The van der Waals surface area contributed by atoms with Crippen molar-refractivity contribution in [2.75, 3.05) is 20.1 Å². The van der Waals surface area contributed by atoms with Crippen LogP contribution < -0.4 is 5.73 Å². The molecule has 0 aromatic carbocycles. The van der Waals surface area contributed by atoms with E-state index in [2.05, 4.69) is 25.8 Å². The molecule has 0 aromatic rings. The highest BCUT2D eigenvalue weighted by Gasteiger charge is 2.02. The van der Waals surface area contributed by atoms with Crippen LogP contribution in [0.2, 0.25) is 0 Å². The molecule has 0 amide bonds.